The van der Waals surface area contributed by atoms with Crippen LogP contribution in [0.2, 0.25) is 0 Å². The van der Waals surface area contributed by atoms with Gasteiger partial charge in [0.2, 0.25) is 0 Å². The molecule has 0 aliphatic heterocycles. The van der Waals surface area contributed by atoms with Gasteiger partial charge in [-0.1, -0.05) is 0 Å². The van der Waals surface area contributed by atoms with Crippen molar-refractivity contribution in [3.8, 4) is 0 Å². The van der Waals surface area contributed by atoms with Crippen molar-refractivity contribution in [2.75, 3.05) is 12.3 Å². The van der Waals surface area contributed by atoms with Crippen molar-refractivity contribution in [3.63, 3.8) is 0 Å². The van der Waals surface area contributed by atoms with Gasteiger partial charge in [0.05, 0.1) is 0 Å². The van der Waals surface area contributed by atoms with Gasteiger partial charge in [-0.2, -0.15) is 0 Å². The molecule has 0 spiro atoms. The number of unbranched alkanes of at least 4 members (excludes halogenated alkanes) is 14. The van der Waals surface area contributed by atoms with E-state index in [2.05, 4.69) is 36.3 Å². The van der Waals surface area contributed by atoms with E-state index in [1.165, 1.54) is 100 Å². The van der Waals surface area contributed by atoms with Crippen LogP contribution in [0.3, 0.4) is 0 Å². The molecule has 0 N–H and O–H groups in total. The molecule has 1 nitrogen and oxygen atoms in total. The third-order valence-electron chi connectivity index (χ3n) is 5.69. The molecule has 0 atom stereocenters. The van der Waals surface area contributed by atoms with E-state index in [-0.39, 0.29) is 0 Å². The van der Waals surface area contributed by atoms with Gasteiger partial charge in [0, 0.05) is 0 Å². The van der Waals surface area contributed by atoms with Crippen molar-refractivity contribution in [2.24, 2.45) is 0 Å². The first-order valence-corrected chi connectivity index (χ1v) is 15.2. The van der Waals surface area contributed by atoms with Crippen molar-refractivity contribution in [2.45, 2.75) is 136 Å². The third kappa shape index (κ3) is 16.1. The van der Waals surface area contributed by atoms with Crippen molar-refractivity contribution in [3.05, 3.63) is 0 Å². The molecule has 0 aromatic heterocycles. The van der Waals surface area contributed by atoms with Crippen LogP contribution in [0.1, 0.15) is 136 Å². The second-order valence-electron chi connectivity index (χ2n) is 8.43. The predicted octanol–water partition coefficient (Wildman–Crippen LogP) is 8.73. The molecule has 162 valence electrons. The fourth-order valence-corrected chi connectivity index (χ4v) is 7.95. The van der Waals surface area contributed by atoms with Gasteiger partial charge in [0.25, 0.3) is 0 Å². The minimum absolute atomic E-state index is 0.964. The first-order valence-electron chi connectivity index (χ1n) is 12.2. The Morgan fingerprint density at radius 3 is 1.30 bits per heavy atom. The van der Waals surface area contributed by atoms with E-state index >= 15 is 0 Å². The van der Waals surface area contributed by atoms with Gasteiger partial charge >= 0.3 is 180 Å². The summed E-state index contributed by atoms with van der Waals surface area (Å²) < 4.78 is 15.0. The predicted molar refractivity (Wildman–Crippen MR) is 128 cm³/mol. The van der Waals surface area contributed by atoms with E-state index in [9.17, 15) is 4.57 Å². The summed E-state index contributed by atoms with van der Waals surface area (Å²) in [5, 5.41) is 0. The fourth-order valence-electron chi connectivity index (χ4n) is 3.74. The molecule has 0 aromatic carbocycles. The summed E-state index contributed by atoms with van der Waals surface area (Å²) in [6.45, 7) is 6.80. The van der Waals surface area contributed by atoms with Crippen LogP contribution in [-0.4, -0.2) is 32.1 Å². The SMILES string of the molecule is CCCCCCCCP(=O)(CCCCCCCC)C(=[Se])CCCCCCC. The van der Waals surface area contributed by atoms with Gasteiger partial charge < -0.3 is 0 Å². The molecule has 0 saturated carbocycles. The Hall–Kier alpha value is 0.619. The van der Waals surface area contributed by atoms with Crippen LogP contribution in [0.5, 0.6) is 0 Å². The molecule has 0 heterocycles. The van der Waals surface area contributed by atoms with Gasteiger partial charge in [-0.25, -0.2) is 0 Å². The summed E-state index contributed by atoms with van der Waals surface area (Å²) in [5.74, 6) is 0. The molecule has 27 heavy (non-hydrogen) atoms. The van der Waals surface area contributed by atoms with E-state index in [1.54, 1.807) is 0 Å². The van der Waals surface area contributed by atoms with Crippen LogP contribution in [0.25, 0.3) is 0 Å². The normalized spacial score (nSPS) is 11.8. The van der Waals surface area contributed by atoms with Crippen molar-refractivity contribution < 1.29 is 4.57 Å². The zero-order valence-corrected chi connectivity index (χ0v) is 21.5. The van der Waals surface area contributed by atoms with E-state index < -0.39 is 7.14 Å². The molecular weight excluding hydrogens is 414 g/mol. The van der Waals surface area contributed by atoms with E-state index in [0.717, 1.165) is 31.6 Å². The zero-order valence-electron chi connectivity index (χ0n) is 18.9. The van der Waals surface area contributed by atoms with Crippen LogP contribution < -0.4 is 0 Å². The minimum atomic E-state index is -2.12. The maximum atomic E-state index is 13.7. The molecule has 0 radical (unpaired) electrons. The molecule has 0 bridgehead atoms. The molecule has 0 amide bonds. The Kier molecular flexibility index (Phi) is 20.4. The summed E-state index contributed by atoms with van der Waals surface area (Å²) in [6, 6.07) is 0. The summed E-state index contributed by atoms with van der Waals surface area (Å²) in [5.41, 5.74) is 0. The monoisotopic (exact) mass is 464 g/mol. The quantitative estimate of drug-likeness (QED) is 0.0945. The van der Waals surface area contributed by atoms with Crippen LogP contribution in [0, 0.1) is 0 Å². The first kappa shape index (κ1) is 27.6. The summed E-state index contributed by atoms with van der Waals surface area (Å²) in [6.07, 6.45) is 25.0. The van der Waals surface area contributed by atoms with E-state index in [0.29, 0.717) is 0 Å². The summed E-state index contributed by atoms with van der Waals surface area (Å²) in [4.78, 5) is 0. The Morgan fingerprint density at radius 1 is 0.556 bits per heavy atom. The Bertz CT molecular complexity index is 361. The average molecular weight is 464 g/mol. The van der Waals surface area contributed by atoms with Crippen LogP contribution in [0.4, 0.5) is 0 Å². The van der Waals surface area contributed by atoms with Gasteiger partial charge in [-0.3, -0.25) is 0 Å². The second kappa shape index (κ2) is 19.9. The van der Waals surface area contributed by atoms with Crippen LogP contribution in [0.15, 0.2) is 0 Å². The second-order valence-corrected chi connectivity index (χ2v) is 13.4. The molecular formula is C24H49OPSe. The molecule has 0 aliphatic rings. The topological polar surface area (TPSA) is 17.1 Å². The summed E-state index contributed by atoms with van der Waals surface area (Å²) in [7, 11) is -2.12. The van der Waals surface area contributed by atoms with Gasteiger partial charge in [0.15, 0.2) is 0 Å². The van der Waals surface area contributed by atoms with Crippen molar-refractivity contribution in [1.82, 2.24) is 0 Å². The van der Waals surface area contributed by atoms with Gasteiger partial charge in [0.1, 0.15) is 0 Å². The van der Waals surface area contributed by atoms with Crippen LogP contribution in [-0.2, 0) is 4.57 Å². The molecule has 0 aliphatic carbocycles. The third-order valence-corrected chi connectivity index (χ3v) is 11.4. The van der Waals surface area contributed by atoms with Crippen molar-refractivity contribution >= 4 is 26.9 Å². The number of hydrogen-bond donors (Lipinski definition) is 0. The number of hydrogen-bond acceptors (Lipinski definition) is 1. The zero-order chi connectivity index (χ0) is 20.2. The van der Waals surface area contributed by atoms with Crippen molar-refractivity contribution in [1.29, 1.82) is 0 Å². The van der Waals surface area contributed by atoms with E-state index in [4.69, 9.17) is 0 Å². The first-order chi connectivity index (χ1) is 13.1. The Balaban J connectivity index is 4.31. The molecule has 0 rings (SSSR count). The molecule has 0 unspecified atom stereocenters. The van der Waals surface area contributed by atoms with Crippen LogP contribution >= 0.6 is 7.14 Å². The molecule has 0 fully saturated rings. The average Bonchev–Trinajstić information content (AvgIpc) is 2.67. The van der Waals surface area contributed by atoms with Gasteiger partial charge in [-0.15, -0.1) is 0 Å². The maximum absolute atomic E-state index is 13.7. The summed E-state index contributed by atoms with van der Waals surface area (Å²) >= 11 is 3.28. The Labute approximate surface area is 180 Å². The molecule has 0 aromatic rings. The fraction of sp³-hybridized carbons (Fsp3) is 0.958. The number of rotatable bonds is 21. The Morgan fingerprint density at radius 2 is 0.889 bits per heavy atom. The molecule has 0 saturated heterocycles. The van der Waals surface area contributed by atoms with Gasteiger partial charge in [-0.05, 0) is 0 Å². The standard InChI is InChI=1S/C24H49OPSe/c1-4-7-10-13-16-19-22-26(25,23-20-17-14-11-8-5-2)24(27)21-18-15-12-9-6-3/h4-23H2,1-3H3. The molecule has 3 heteroatoms. The van der Waals surface area contributed by atoms with E-state index in [1.807, 2.05) is 0 Å².